The van der Waals surface area contributed by atoms with Crippen molar-refractivity contribution in [1.29, 1.82) is 0 Å². The third-order valence-electron chi connectivity index (χ3n) is 2.62. The van der Waals surface area contributed by atoms with E-state index in [0.717, 1.165) is 6.42 Å². The molecule has 0 saturated heterocycles. The van der Waals surface area contributed by atoms with E-state index in [2.05, 4.69) is 0 Å². The highest BCUT2D eigenvalue weighted by molar-refractivity contribution is 6.32. The lowest BCUT2D eigenvalue weighted by Gasteiger charge is -2.10. The molecule has 5 heteroatoms. The molecule has 1 aromatic rings. The van der Waals surface area contributed by atoms with Crippen LogP contribution in [0.3, 0.4) is 0 Å². The van der Waals surface area contributed by atoms with E-state index in [-0.39, 0.29) is 25.3 Å². The molecule has 1 rings (SSSR count). The Morgan fingerprint density at radius 3 is 2.74 bits per heavy atom. The number of carbonyl (C=O) groups excluding carboxylic acids is 1. The summed E-state index contributed by atoms with van der Waals surface area (Å²) in [6, 6.07) is 7.15. The van der Waals surface area contributed by atoms with Crippen LogP contribution in [-0.2, 0) is 14.3 Å². The first kappa shape index (κ1) is 15.8. The molecule has 0 aromatic heterocycles. The van der Waals surface area contributed by atoms with E-state index in [1.165, 1.54) is 0 Å². The van der Waals surface area contributed by atoms with Crippen molar-refractivity contribution in [3.63, 3.8) is 0 Å². The van der Waals surface area contributed by atoms with Crippen molar-refractivity contribution in [2.75, 3.05) is 20.0 Å². The number of para-hydroxylation sites is 1. The fourth-order valence-electron chi connectivity index (χ4n) is 1.24. The summed E-state index contributed by atoms with van der Waals surface area (Å²) in [5, 5.41) is 0.536. The average molecular weight is 287 g/mol. The van der Waals surface area contributed by atoms with E-state index in [4.69, 9.17) is 25.8 Å². The number of esters is 1. The maximum Gasteiger partial charge on any atom is 0.308 e. The number of benzene rings is 1. The number of hydrogen-bond donors (Lipinski definition) is 0. The van der Waals surface area contributed by atoms with Gasteiger partial charge in [-0.2, -0.15) is 0 Å². The maximum atomic E-state index is 11.3. The van der Waals surface area contributed by atoms with Crippen molar-refractivity contribution in [3.05, 3.63) is 29.3 Å². The maximum absolute atomic E-state index is 11.3. The Kier molecular flexibility index (Phi) is 7.30. The van der Waals surface area contributed by atoms with Gasteiger partial charge < -0.3 is 14.2 Å². The van der Waals surface area contributed by atoms with Crippen LogP contribution in [0.1, 0.15) is 20.3 Å². The highest BCUT2D eigenvalue weighted by atomic mass is 35.5. The lowest BCUT2D eigenvalue weighted by molar-refractivity contribution is -0.150. The highest BCUT2D eigenvalue weighted by Crippen LogP contribution is 2.22. The second kappa shape index (κ2) is 8.77. The zero-order valence-corrected chi connectivity index (χ0v) is 12.0. The second-order valence-corrected chi connectivity index (χ2v) is 4.48. The second-order valence-electron chi connectivity index (χ2n) is 4.08. The standard InChI is InChI=1S/C14H19ClO4/c1-3-11(2)14(16)18-9-8-17-10-19-13-7-5-4-6-12(13)15/h4-7,11H,3,8-10H2,1-2H3. The zero-order chi connectivity index (χ0) is 14.1. The van der Waals surface area contributed by atoms with Gasteiger partial charge >= 0.3 is 5.97 Å². The minimum atomic E-state index is -0.196. The SMILES string of the molecule is CCC(C)C(=O)OCCOCOc1ccccc1Cl. The first-order chi connectivity index (χ1) is 9.15. The van der Waals surface area contributed by atoms with Crippen LogP contribution in [0.15, 0.2) is 24.3 Å². The summed E-state index contributed by atoms with van der Waals surface area (Å²) in [6.07, 6.45) is 0.773. The molecule has 4 nitrogen and oxygen atoms in total. The van der Waals surface area contributed by atoms with Crippen molar-refractivity contribution in [2.45, 2.75) is 20.3 Å². The summed E-state index contributed by atoms with van der Waals surface area (Å²) in [6.45, 7) is 4.38. The van der Waals surface area contributed by atoms with Crippen LogP contribution >= 0.6 is 11.6 Å². The van der Waals surface area contributed by atoms with Crippen LogP contribution in [0.25, 0.3) is 0 Å². The topological polar surface area (TPSA) is 44.8 Å². The molecule has 0 aliphatic carbocycles. The average Bonchev–Trinajstić information content (AvgIpc) is 2.43. The first-order valence-electron chi connectivity index (χ1n) is 6.26. The number of halogens is 1. The Labute approximate surface area is 118 Å². The van der Waals surface area contributed by atoms with Gasteiger partial charge in [0.05, 0.1) is 17.5 Å². The van der Waals surface area contributed by atoms with Crippen molar-refractivity contribution >= 4 is 17.6 Å². The van der Waals surface area contributed by atoms with Gasteiger partial charge in [0.15, 0.2) is 6.79 Å². The highest BCUT2D eigenvalue weighted by Gasteiger charge is 2.11. The van der Waals surface area contributed by atoms with Gasteiger partial charge in [0, 0.05) is 0 Å². The Morgan fingerprint density at radius 2 is 2.05 bits per heavy atom. The monoisotopic (exact) mass is 286 g/mol. The van der Waals surface area contributed by atoms with Gasteiger partial charge in [0.2, 0.25) is 0 Å². The quantitative estimate of drug-likeness (QED) is 0.418. The van der Waals surface area contributed by atoms with Crippen molar-refractivity contribution < 1.29 is 19.0 Å². The van der Waals surface area contributed by atoms with Gasteiger partial charge in [-0.1, -0.05) is 37.6 Å². The molecule has 19 heavy (non-hydrogen) atoms. The fourth-order valence-corrected chi connectivity index (χ4v) is 1.43. The molecule has 0 aliphatic rings. The third-order valence-corrected chi connectivity index (χ3v) is 2.93. The molecule has 0 radical (unpaired) electrons. The molecule has 0 fully saturated rings. The lowest BCUT2D eigenvalue weighted by atomic mass is 10.1. The number of rotatable bonds is 8. The number of ether oxygens (including phenoxy) is 3. The Bertz CT molecular complexity index is 395. The van der Waals surface area contributed by atoms with E-state index in [0.29, 0.717) is 17.4 Å². The summed E-state index contributed by atoms with van der Waals surface area (Å²) in [4.78, 5) is 11.3. The largest absolute Gasteiger partial charge is 0.466 e. The predicted octanol–water partition coefficient (Wildman–Crippen LogP) is 3.28. The van der Waals surface area contributed by atoms with Crippen LogP contribution in [0, 0.1) is 5.92 Å². The van der Waals surface area contributed by atoms with E-state index in [1.54, 1.807) is 12.1 Å². The number of hydrogen-bond acceptors (Lipinski definition) is 4. The van der Waals surface area contributed by atoms with Gasteiger partial charge in [0.25, 0.3) is 0 Å². The molecule has 0 aliphatic heterocycles. The minimum Gasteiger partial charge on any atom is -0.466 e. The smallest absolute Gasteiger partial charge is 0.308 e. The Morgan fingerprint density at radius 1 is 1.32 bits per heavy atom. The van der Waals surface area contributed by atoms with E-state index < -0.39 is 0 Å². The van der Waals surface area contributed by atoms with Gasteiger partial charge in [0.1, 0.15) is 12.4 Å². The molecular weight excluding hydrogens is 268 g/mol. The van der Waals surface area contributed by atoms with Gasteiger partial charge in [-0.05, 0) is 18.6 Å². The van der Waals surface area contributed by atoms with Crippen molar-refractivity contribution in [2.24, 2.45) is 5.92 Å². The van der Waals surface area contributed by atoms with Crippen molar-refractivity contribution in [3.8, 4) is 5.75 Å². The molecule has 0 N–H and O–H groups in total. The molecule has 1 unspecified atom stereocenters. The molecular formula is C14H19ClO4. The molecule has 1 atom stereocenters. The van der Waals surface area contributed by atoms with Gasteiger partial charge in [-0.3, -0.25) is 4.79 Å². The van der Waals surface area contributed by atoms with Crippen LogP contribution in [0.5, 0.6) is 5.75 Å². The minimum absolute atomic E-state index is 0.0700. The molecule has 1 aromatic carbocycles. The Balaban J connectivity index is 2.09. The van der Waals surface area contributed by atoms with Crippen LogP contribution in [0.4, 0.5) is 0 Å². The third kappa shape index (κ3) is 5.94. The van der Waals surface area contributed by atoms with E-state index in [1.807, 2.05) is 26.0 Å². The van der Waals surface area contributed by atoms with Gasteiger partial charge in [-0.15, -0.1) is 0 Å². The fraction of sp³-hybridized carbons (Fsp3) is 0.500. The predicted molar refractivity (Wildman–Crippen MR) is 73.3 cm³/mol. The summed E-state index contributed by atoms with van der Waals surface area (Å²) < 4.78 is 15.5. The Hall–Kier alpha value is -1.26. The van der Waals surface area contributed by atoms with Crippen LogP contribution in [0.2, 0.25) is 5.02 Å². The normalized spacial score (nSPS) is 11.9. The van der Waals surface area contributed by atoms with Crippen LogP contribution < -0.4 is 4.74 Å². The molecule has 106 valence electrons. The summed E-state index contributed by atoms with van der Waals surface area (Å²) in [5.41, 5.74) is 0. The first-order valence-corrected chi connectivity index (χ1v) is 6.64. The van der Waals surface area contributed by atoms with Gasteiger partial charge in [-0.25, -0.2) is 0 Å². The molecule has 0 heterocycles. The van der Waals surface area contributed by atoms with E-state index >= 15 is 0 Å². The summed E-state index contributed by atoms with van der Waals surface area (Å²) in [7, 11) is 0. The number of carbonyl (C=O) groups is 1. The molecule has 0 spiro atoms. The van der Waals surface area contributed by atoms with Crippen molar-refractivity contribution in [1.82, 2.24) is 0 Å². The van der Waals surface area contributed by atoms with E-state index in [9.17, 15) is 4.79 Å². The summed E-state index contributed by atoms with van der Waals surface area (Å²) in [5.74, 6) is 0.304. The lowest BCUT2D eigenvalue weighted by Crippen LogP contribution is -2.17. The zero-order valence-electron chi connectivity index (χ0n) is 11.2. The molecule has 0 bridgehead atoms. The molecule has 0 saturated carbocycles. The van der Waals surface area contributed by atoms with Crippen LogP contribution in [-0.4, -0.2) is 26.0 Å². The summed E-state index contributed by atoms with van der Waals surface area (Å²) >= 11 is 5.91. The molecule has 0 amide bonds.